The van der Waals surface area contributed by atoms with Crippen molar-refractivity contribution in [3.05, 3.63) is 138 Å². The van der Waals surface area contributed by atoms with Crippen molar-refractivity contribution in [2.75, 3.05) is 16.0 Å². The van der Waals surface area contributed by atoms with Crippen molar-refractivity contribution in [1.29, 1.82) is 0 Å². The first-order valence-corrected chi connectivity index (χ1v) is 17.9. The highest BCUT2D eigenvalue weighted by molar-refractivity contribution is 7.86. The molecule has 0 spiro atoms. The summed E-state index contributed by atoms with van der Waals surface area (Å²) in [5.74, 6) is -3.68. The van der Waals surface area contributed by atoms with Gasteiger partial charge >= 0.3 is 5.97 Å². The lowest BCUT2D eigenvalue weighted by Gasteiger charge is -2.14. The van der Waals surface area contributed by atoms with Crippen molar-refractivity contribution in [3.63, 3.8) is 0 Å². The second-order valence-corrected chi connectivity index (χ2v) is 14.2. The molecule has 0 radical (unpaired) electrons. The van der Waals surface area contributed by atoms with Gasteiger partial charge in [-0.3, -0.25) is 23.5 Å². The summed E-state index contributed by atoms with van der Waals surface area (Å²) < 4.78 is 65.5. The third-order valence-electron chi connectivity index (χ3n) is 7.91. The highest BCUT2D eigenvalue weighted by Crippen LogP contribution is 2.29. The molecule has 0 atom stereocenters. The first-order chi connectivity index (χ1) is 24.6. The third kappa shape index (κ3) is 7.49. The molecule has 0 fully saturated rings. The van der Waals surface area contributed by atoms with E-state index in [4.69, 9.17) is 0 Å². The smallest absolute Gasteiger partial charge is 0.336 e. The molecular formula is C36H25N3O11S2. The van der Waals surface area contributed by atoms with Crippen molar-refractivity contribution in [2.45, 2.75) is 9.79 Å². The van der Waals surface area contributed by atoms with Crippen LogP contribution in [0.2, 0.25) is 0 Å². The fraction of sp³-hybridized carbons (Fsp3) is 0. The zero-order valence-corrected chi connectivity index (χ0v) is 28.0. The zero-order valence-electron chi connectivity index (χ0n) is 26.4. The minimum absolute atomic E-state index is 0.0468. The summed E-state index contributed by atoms with van der Waals surface area (Å²) in [7, 11) is -9.00. The van der Waals surface area contributed by atoms with E-state index in [9.17, 15) is 50.2 Å². The average molecular weight is 740 g/mol. The molecule has 0 aromatic heterocycles. The van der Waals surface area contributed by atoms with Gasteiger partial charge < -0.3 is 21.1 Å². The predicted molar refractivity (Wildman–Crippen MR) is 191 cm³/mol. The highest BCUT2D eigenvalue weighted by Gasteiger charge is 2.20. The lowest BCUT2D eigenvalue weighted by molar-refractivity contribution is 0.0692. The van der Waals surface area contributed by atoms with Gasteiger partial charge in [-0.05, 0) is 77.5 Å². The van der Waals surface area contributed by atoms with Crippen LogP contribution in [0.3, 0.4) is 0 Å². The molecule has 6 N–H and O–H groups in total. The largest absolute Gasteiger partial charge is 0.478 e. The van der Waals surface area contributed by atoms with Crippen LogP contribution in [0, 0.1) is 0 Å². The fourth-order valence-electron chi connectivity index (χ4n) is 5.48. The van der Waals surface area contributed by atoms with Gasteiger partial charge in [0.05, 0.1) is 20.9 Å². The quantitative estimate of drug-likeness (QED) is 0.0950. The molecule has 0 bridgehead atoms. The van der Waals surface area contributed by atoms with Gasteiger partial charge in [0.2, 0.25) is 0 Å². The number of carboxylic acid groups (broad SMARTS) is 1. The van der Waals surface area contributed by atoms with Crippen molar-refractivity contribution in [2.24, 2.45) is 0 Å². The lowest BCUT2D eigenvalue weighted by atomic mass is 10.0. The number of fused-ring (bicyclic) bond motifs is 2. The Morgan fingerprint density at radius 2 is 0.942 bits per heavy atom. The first-order valence-electron chi connectivity index (χ1n) is 15.0. The number of hydrogen-bond acceptors (Lipinski definition) is 8. The summed E-state index contributed by atoms with van der Waals surface area (Å²) in [6, 6.07) is 26.1. The van der Waals surface area contributed by atoms with Crippen LogP contribution < -0.4 is 16.0 Å². The van der Waals surface area contributed by atoms with Crippen molar-refractivity contribution in [1.82, 2.24) is 0 Å². The number of carbonyl (C=O) groups is 4. The summed E-state index contributed by atoms with van der Waals surface area (Å²) in [5, 5.41) is 19.2. The number of hydrogen-bond donors (Lipinski definition) is 6. The van der Waals surface area contributed by atoms with Crippen LogP contribution in [-0.4, -0.2) is 54.7 Å². The molecule has 0 aliphatic carbocycles. The van der Waals surface area contributed by atoms with Crippen LogP contribution in [0.1, 0.15) is 41.4 Å². The van der Waals surface area contributed by atoms with E-state index in [-0.39, 0.29) is 49.1 Å². The van der Waals surface area contributed by atoms with Crippen LogP contribution in [0.4, 0.5) is 17.1 Å². The fourth-order valence-corrected chi connectivity index (χ4v) is 6.51. The van der Waals surface area contributed by atoms with Gasteiger partial charge in [0, 0.05) is 39.0 Å². The average Bonchev–Trinajstić information content (AvgIpc) is 3.10. The van der Waals surface area contributed by atoms with E-state index in [1.807, 2.05) is 0 Å². The molecule has 0 saturated heterocycles. The van der Waals surface area contributed by atoms with Crippen LogP contribution in [-0.2, 0) is 20.2 Å². The van der Waals surface area contributed by atoms with Gasteiger partial charge in [0.25, 0.3) is 38.0 Å². The molecule has 3 amide bonds. The van der Waals surface area contributed by atoms with Gasteiger partial charge in [-0.1, -0.05) is 48.5 Å². The summed E-state index contributed by atoms with van der Waals surface area (Å²) in [4.78, 5) is 51.8. The van der Waals surface area contributed by atoms with Crippen molar-refractivity contribution < 1.29 is 50.2 Å². The number of benzene rings is 6. The van der Waals surface area contributed by atoms with E-state index in [1.165, 1.54) is 66.7 Å². The Morgan fingerprint density at radius 1 is 0.481 bits per heavy atom. The Hall–Kier alpha value is -6.46. The number of anilines is 3. The third-order valence-corrected chi connectivity index (χ3v) is 9.61. The van der Waals surface area contributed by atoms with E-state index in [1.54, 1.807) is 36.4 Å². The topological polar surface area (TPSA) is 233 Å². The summed E-state index contributed by atoms with van der Waals surface area (Å²) >= 11 is 0. The number of nitrogens with one attached hydrogen (secondary N) is 3. The molecule has 262 valence electrons. The summed E-state index contributed by atoms with van der Waals surface area (Å²) in [6.07, 6.45) is 0. The van der Waals surface area contributed by atoms with Crippen molar-refractivity contribution in [3.8, 4) is 0 Å². The summed E-state index contributed by atoms with van der Waals surface area (Å²) in [5.41, 5.74) is -0.243. The molecular weight excluding hydrogens is 715 g/mol. The van der Waals surface area contributed by atoms with Crippen LogP contribution in [0.15, 0.2) is 125 Å². The Kier molecular flexibility index (Phi) is 9.31. The van der Waals surface area contributed by atoms with Crippen molar-refractivity contribution >= 4 is 82.5 Å². The monoisotopic (exact) mass is 739 g/mol. The number of carbonyl (C=O) groups excluding carboxylic acids is 3. The predicted octanol–water partition coefficient (Wildman–Crippen LogP) is 5.94. The minimum atomic E-state index is -4.50. The zero-order chi connectivity index (χ0) is 37.4. The molecule has 0 saturated carbocycles. The van der Waals surface area contributed by atoms with Crippen LogP contribution in [0.25, 0.3) is 21.5 Å². The maximum atomic E-state index is 13.7. The SMILES string of the molecule is O=C(Nc1cccc2cc(S(=O)(=O)O)ccc12)c1cc(NC(=O)c2ccccc2C(=O)O)cc(C(=O)Nc2cccc3cc(S(=O)(=O)O)ccc23)c1. The Labute approximate surface area is 295 Å². The van der Waals surface area contributed by atoms with Gasteiger partial charge in [-0.25, -0.2) is 4.79 Å². The number of rotatable bonds is 9. The normalized spacial score (nSPS) is 11.6. The number of aromatic carboxylic acids is 1. The Balaban J connectivity index is 1.38. The molecule has 0 heterocycles. The molecule has 6 aromatic rings. The molecule has 52 heavy (non-hydrogen) atoms. The molecule has 6 rings (SSSR count). The number of amides is 3. The van der Waals surface area contributed by atoms with Gasteiger partial charge in [0.15, 0.2) is 0 Å². The highest BCUT2D eigenvalue weighted by atomic mass is 32.2. The van der Waals surface area contributed by atoms with E-state index in [0.29, 0.717) is 21.5 Å². The lowest BCUT2D eigenvalue weighted by Crippen LogP contribution is -2.19. The van der Waals surface area contributed by atoms with Gasteiger partial charge in [-0.15, -0.1) is 0 Å². The van der Waals surface area contributed by atoms with Gasteiger partial charge in [-0.2, -0.15) is 16.8 Å². The van der Waals surface area contributed by atoms with E-state index in [0.717, 1.165) is 12.1 Å². The maximum Gasteiger partial charge on any atom is 0.336 e. The molecule has 0 aliphatic heterocycles. The maximum absolute atomic E-state index is 13.7. The summed E-state index contributed by atoms with van der Waals surface area (Å²) in [6.45, 7) is 0. The second kappa shape index (κ2) is 13.7. The van der Waals surface area contributed by atoms with Crippen LogP contribution in [0.5, 0.6) is 0 Å². The van der Waals surface area contributed by atoms with E-state index >= 15 is 0 Å². The van der Waals surface area contributed by atoms with E-state index in [2.05, 4.69) is 16.0 Å². The minimum Gasteiger partial charge on any atom is -0.478 e. The molecule has 6 aromatic carbocycles. The first kappa shape index (κ1) is 35.4. The molecule has 16 heteroatoms. The molecule has 0 aliphatic rings. The second-order valence-electron chi connectivity index (χ2n) is 11.3. The molecule has 14 nitrogen and oxygen atoms in total. The standard InChI is InChI=1S/C36H25N3O11S2/c40-33(38-31-9-3-5-20-18-25(51(45,46)47)11-13-27(20)31)22-15-23(17-24(16-22)37-35(42)29-7-1-2-8-30(29)36(43)44)34(41)39-32-10-4-6-21-19-26(52(48,49)50)12-14-28(21)32/h1-19H,(H,37,42)(H,38,40)(H,39,41)(H,43,44)(H,45,46,47)(H,48,49,50). The van der Waals surface area contributed by atoms with E-state index < -0.39 is 43.9 Å². The Morgan fingerprint density at radius 3 is 1.38 bits per heavy atom. The Bertz CT molecular complexity index is 2560. The molecule has 0 unspecified atom stereocenters. The number of carboxylic acids is 1. The van der Waals surface area contributed by atoms with Crippen LogP contribution >= 0.6 is 0 Å². The van der Waals surface area contributed by atoms with Gasteiger partial charge in [0.1, 0.15) is 0 Å².